The highest BCUT2D eigenvalue weighted by Crippen LogP contribution is 2.29. The molecule has 0 bridgehead atoms. The number of aromatic hydroxyl groups is 1. The molecule has 0 aromatic heterocycles. The van der Waals surface area contributed by atoms with Gasteiger partial charge in [0.05, 0.1) is 0 Å². The average Bonchev–Trinajstić information content (AvgIpc) is 2.41. The van der Waals surface area contributed by atoms with Crippen molar-refractivity contribution in [2.45, 2.75) is 25.3 Å². The predicted octanol–water partition coefficient (Wildman–Crippen LogP) is 3.94. The summed E-state index contributed by atoms with van der Waals surface area (Å²) in [5.74, 6) is 0.437. The number of fused-ring (bicyclic) bond motifs is 1. The monoisotopic (exact) mass is 319 g/mol. The van der Waals surface area contributed by atoms with Crippen molar-refractivity contribution in [2.24, 2.45) is 0 Å². The molecule has 1 unspecified atom stereocenters. The molecule has 0 saturated heterocycles. The van der Waals surface area contributed by atoms with Crippen LogP contribution in [-0.2, 0) is 12.8 Å². The number of benzene rings is 2. The summed E-state index contributed by atoms with van der Waals surface area (Å²) in [6.07, 6.45) is 3.05. The van der Waals surface area contributed by atoms with Gasteiger partial charge in [0, 0.05) is 11.7 Å². The molecule has 0 aliphatic heterocycles. The van der Waals surface area contributed by atoms with Gasteiger partial charge in [-0.3, -0.25) is 0 Å². The van der Waals surface area contributed by atoms with Gasteiger partial charge in [0.2, 0.25) is 0 Å². The Balaban J connectivity index is 0.00000133. The van der Waals surface area contributed by atoms with Gasteiger partial charge in [0.1, 0.15) is 5.75 Å². The maximum Gasteiger partial charge on any atom is 0.119 e. The van der Waals surface area contributed by atoms with Crippen LogP contribution in [0.4, 0.5) is 5.69 Å². The lowest BCUT2D eigenvalue weighted by atomic mass is 9.87. The zero-order valence-corrected chi connectivity index (χ0v) is 12.4. The molecule has 1 aliphatic carbocycles. The number of hydrogen-bond donors (Lipinski definition) is 2. The second kappa shape index (κ2) is 6.11. The van der Waals surface area contributed by atoms with Crippen LogP contribution >= 0.6 is 17.0 Å². The number of hydrogen-bond acceptors (Lipinski definition) is 2. The van der Waals surface area contributed by atoms with Gasteiger partial charge in [0.25, 0.3) is 0 Å². The first-order valence-corrected chi connectivity index (χ1v) is 6.44. The first-order chi connectivity index (χ1) is 8.83. The maximum absolute atomic E-state index is 9.91. The molecule has 2 nitrogen and oxygen atoms in total. The van der Waals surface area contributed by atoms with E-state index in [4.69, 9.17) is 0 Å². The van der Waals surface area contributed by atoms with Crippen molar-refractivity contribution in [1.29, 1.82) is 0 Å². The van der Waals surface area contributed by atoms with E-state index in [2.05, 4.69) is 23.5 Å². The van der Waals surface area contributed by atoms with E-state index < -0.39 is 0 Å². The zero-order valence-electron chi connectivity index (χ0n) is 10.7. The molecule has 0 radical (unpaired) electrons. The van der Waals surface area contributed by atoms with Gasteiger partial charge < -0.3 is 10.4 Å². The van der Waals surface area contributed by atoms with Crippen LogP contribution < -0.4 is 5.32 Å². The number of anilines is 1. The molecule has 2 aromatic carbocycles. The van der Waals surface area contributed by atoms with Gasteiger partial charge >= 0.3 is 0 Å². The molecule has 100 valence electrons. The first-order valence-electron chi connectivity index (χ1n) is 6.44. The summed E-state index contributed by atoms with van der Waals surface area (Å²) in [4.78, 5) is 0. The van der Waals surface area contributed by atoms with E-state index in [1.807, 2.05) is 24.3 Å². The molecule has 0 fully saturated rings. The Morgan fingerprint density at radius 3 is 2.58 bits per heavy atom. The van der Waals surface area contributed by atoms with Gasteiger partial charge in [-0.15, -0.1) is 17.0 Å². The maximum atomic E-state index is 9.91. The van der Waals surface area contributed by atoms with Crippen LogP contribution in [0.2, 0.25) is 0 Å². The summed E-state index contributed by atoms with van der Waals surface area (Å²) < 4.78 is 0. The Labute approximate surface area is 124 Å². The van der Waals surface area contributed by atoms with Crippen molar-refractivity contribution in [2.75, 3.05) is 5.32 Å². The molecule has 2 aromatic rings. The van der Waals surface area contributed by atoms with Crippen molar-refractivity contribution in [3.05, 3.63) is 59.7 Å². The Bertz CT molecular complexity index is 542. The Kier molecular flexibility index (Phi) is 4.48. The number of rotatable bonds is 2. The molecule has 3 heteroatoms. The number of nitrogens with one attached hydrogen (secondary N) is 1. The number of aryl methyl sites for hydroxylation is 1. The summed E-state index contributed by atoms with van der Waals surface area (Å²) in [5.41, 5.74) is 3.56. The van der Waals surface area contributed by atoms with Gasteiger partial charge in [0.15, 0.2) is 0 Å². The van der Waals surface area contributed by atoms with Crippen LogP contribution in [0.5, 0.6) is 5.75 Å². The van der Waals surface area contributed by atoms with Crippen molar-refractivity contribution in [3.63, 3.8) is 0 Å². The highest BCUT2D eigenvalue weighted by molar-refractivity contribution is 8.93. The summed E-state index contributed by atoms with van der Waals surface area (Å²) in [6, 6.07) is 16.5. The smallest absolute Gasteiger partial charge is 0.119 e. The minimum atomic E-state index is 0. The highest BCUT2D eigenvalue weighted by Gasteiger charge is 2.20. The third kappa shape index (κ3) is 3.10. The van der Waals surface area contributed by atoms with E-state index in [1.165, 1.54) is 5.56 Å². The fourth-order valence-electron chi connectivity index (χ4n) is 2.66. The second-order valence-electron chi connectivity index (χ2n) is 4.86. The summed E-state index contributed by atoms with van der Waals surface area (Å²) >= 11 is 0. The van der Waals surface area contributed by atoms with Crippen LogP contribution in [-0.4, -0.2) is 11.1 Å². The van der Waals surface area contributed by atoms with E-state index in [0.29, 0.717) is 11.8 Å². The number of phenols is 1. The minimum Gasteiger partial charge on any atom is -0.508 e. The third-order valence-corrected chi connectivity index (χ3v) is 3.61. The molecular formula is C16H18BrNO. The first kappa shape index (κ1) is 13.9. The molecule has 0 spiro atoms. The van der Waals surface area contributed by atoms with Crippen molar-refractivity contribution >= 4 is 22.7 Å². The molecule has 0 heterocycles. The lowest BCUT2D eigenvalue weighted by Gasteiger charge is -2.26. The fourth-order valence-corrected chi connectivity index (χ4v) is 2.66. The van der Waals surface area contributed by atoms with Crippen molar-refractivity contribution in [3.8, 4) is 5.75 Å². The topological polar surface area (TPSA) is 32.3 Å². The zero-order chi connectivity index (χ0) is 12.4. The number of phenolic OH excluding ortho intramolecular Hbond substituents is 1. The molecule has 19 heavy (non-hydrogen) atoms. The van der Waals surface area contributed by atoms with Gasteiger partial charge in [-0.05, 0) is 48.6 Å². The standard InChI is InChI=1S/C16H17NO.BrH/c18-16-8-4-5-12-9-10-14(11-15(12)16)17-13-6-2-1-3-7-13;/h1-8,14,17-18H,9-11H2;1H. The van der Waals surface area contributed by atoms with Crippen LogP contribution in [0.25, 0.3) is 0 Å². The van der Waals surface area contributed by atoms with Crippen molar-refractivity contribution < 1.29 is 5.11 Å². The summed E-state index contributed by atoms with van der Waals surface area (Å²) in [7, 11) is 0. The average molecular weight is 320 g/mol. The molecule has 2 N–H and O–H groups in total. The summed E-state index contributed by atoms with van der Waals surface area (Å²) in [6.45, 7) is 0. The predicted molar refractivity (Wildman–Crippen MR) is 84.3 cm³/mol. The van der Waals surface area contributed by atoms with Crippen LogP contribution in [0, 0.1) is 0 Å². The number of para-hydroxylation sites is 1. The largest absolute Gasteiger partial charge is 0.508 e. The van der Waals surface area contributed by atoms with E-state index in [0.717, 1.165) is 30.5 Å². The van der Waals surface area contributed by atoms with Crippen LogP contribution in [0.1, 0.15) is 17.5 Å². The Hall–Kier alpha value is -1.48. The lowest BCUT2D eigenvalue weighted by Crippen LogP contribution is -2.27. The highest BCUT2D eigenvalue weighted by atomic mass is 79.9. The van der Waals surface area contributed by atoms with E-state index in [9.17, 15) is 5.11 Å². The van der Waals surface area contributed by atoms with E-state index >= 15 is 0 Å². The van der Waals surface area contributed by atoms with Gasteiger partial charge in [-0.2, -0.15) is 0 Å². The molecule has 1 atom stereocenters. The Morgan fingerprint density at radius 2 is 1.79 bits per heavy atom. The molecule has 3 rings (SSSR count). The normalized spacial score (nSPS) is 17.2. The van der Waals surface area contributed by atoms with E-state index in [-0.39, 0.29) is 17.0 Å². The minimum absolute atomic E-state index is 0. The SMILES string of the molecule is Br.Oc1cccc2c1CC(Nc1ccccc1)CC2. The quantitative estimate of drug-likeness (QED) is 0.878. The van der Waals surface area contributed by atoms with Gasteiger partial charge in [-0.25, -0.2) is 0 Å². The fraction of sp³-hybridized carbons (Fsp3) is 0.250. The van der Waals surface area contributed by atoms with Crippen LogP contribution in [0.15, 0.2) is 48.5 Å². The molecule has 1 aliphatic rings. The third-order valence-electron chi connectivity index (χ3n) is 3.61. The van der Waals surface area contributed by atoms with Crippen molar-refractivity contribution in [1.82, 2.24) is 0 Å². The second-order valence-corrected chi connectivity index (χ2v) is 4.86. The Morgan fingerprint density at radius 1 is 1.00 bits per heavy atom. The van der Waals surface area contributed by atoms with E-state index in [1.54, 1.807) is 6.07 Å². The molecule has 0 saturated carbocycles. The lowest BCUT2D eigenvalue weighted by molar-refractivity contribution is 0.458. The van der Waals surface area contributed by atoms with Gasteiger partial charge in [-0.1, -0.05) is 30.3 Å². The number of halogens is 1. The molecule has 0 amide bonds. The summed E-state index contributed by atoms with van der Waals surface area (Å²) in [5, 5.41) is 13.5. The van der Waals surface area contributed by atoms with Crippen LogP contribution in [0.3, 0.4) is 0 Å². The molecular weight excluding hydrogens is 302 g/mol.